The predicted molar refractivity (Wildman–Crippen MR) is 108 cm³/mol. The molecule has 1 spiro atoms. The smallest absolute Gasteiger partial charge is 0.255 e. The highest BCUT2D eigenvalue weighted by molar-refractivity contribution is 6.05. The third kappa shape index (κ3) is 2.55. The van der Waals surface area contributed by atoms with Gasteiger partial charge in [0, 0.05) is 35.0 Å². The highest BCUT2D eigenvalue weighted by Crippen LogP contribution is 2.55. The van der Waals surface area contributed by atoms with E-state index < -0.39 is 11.9 Å². The number of carbonyl (C=O) groups excluding carboxylic acids is 3. The molecular weight excluding hydrogens is 387 g/mol. The minimum Gasteiger partial charge on any atom is -0.363 e. The zero-order valence-corrected chi connectivity index (χ0v) is 17.4. The zero-order chi connectivity index (χ0) is 21.3. The maximum Gasteiger partial charge on any atom is 0.255 e. The van der Waals surface area contributed by atoms with Gasteiger partial charge in [0.1, 0.15) is 6.04 Å². The van der Waals surface area contributed by atoms with Crippen LogP contribution in [-0.4, -0.2) is 53.8 Å². The van der Waals surface area contributed by atoms with Crippen LogP contribution in [0.3, 0.4) is 0 Å². The molecule has 4 heterocycles. The molecule has 1 aromatic rings. The largest absolute Gasteiger partial charge is 0.363 e. The van der Waals surface area contributed by atoms with Crippen LogP contribution in [0.5, 0.6) is 0 Å². The quantitative estimate of drug-likeness (QED) is 0.718. The number of halogens is 1. The molecule has 7 nitrogen and oxygen atoms in total. The van der Waals surface area contributed by atoms with Crippen molar-refractivity contribution in [3.8, 4) is 0 Å². The molecule has 3 fully saturated rings. The monoisotopic (exact) mass is 414 g/mol. The Morgan fingerprint density at radius 2 is 1.87 bits per heavy atom. The summed E-state index contributed by atoms with van der Waals surface area (Å²) in [5, 5.41) is 5.68. The van der Waals surface area contributed by atoms with Crippen LogP contribution >= 0.6 is 0 Å². The highest BCUT2D eigenvalue weighted by Gasteiger charge is 2.59. The van der Waals surface area contributed by atoms with E-state index in [1.807, 2.05) is 0 Å². The molecule has 0 aromatic heterocycles. The number of carbonyl (C=O) groups is 3. The number of amides is 3. The Balaban J connectivity index is 1.42. The van der Waals surface area contributed by atoms with E-state index in [2.05, 4.69) is 29.4 Å². The summed E-state index contributed by atoms with van der Waals surface area (Å²) in [6.07, 6.45) is 2.60. The van der Waals surface area contributed by atoms with E-state index in [0.29, 0.717) is 16.8 Å². The van der Waals surface area contributed by atoms with Gasteiger partial charge >= 0.3 is 0 Å². The number of piperidine rings is 2. The Morgan fingerprint density at radius 3 is 2.53 bits per heavy atom. The maximum absolute atomic E-state index is 15.6. The van der Waals surface area contributed by atoms with Gasteiger partial charge in [-0.3, -0.25) is 19.7 Å². The van der Waals surface area contributed by atoms with E-state index >= 15 is 4.39 Å². The lowest BCUT2D eigenvalue weighted by molar-refractivity contribution is -0.136. The van der Waals surface area contributed by atoms with Crippen molar-refractivity contribution < 1.29 is 18.8 Å². The zero-order valence-electron chi connectivity index (χ0n) is 17.4. The Kier molecular flexibility index (Phi) is 4.23. The molecule has 0 radical (unpaired) electrons. The summed E-state index contributed by atoms with van der Waals surface area (Å²) in [5.74, 6) is -1.53. The van der Waals surface area contributed by atoms with E-state index in [1.165, 1.54) is 4.90 Å². The summed E-state index contributed by atoms with van der Waals surface area (Å²) >= 11 is 0. The van der Waals surface area contributed by atoms with E-state index in [4.69, 9.17) is 0 Å². The van der Waals surface area contributed by atoms with Crippen molar-refractivity contribution in [1.82, 2.24) is 15.5 Å². The first kappa shape index (κ1) is 19.5. The Hall–Kier alpha value is -2.48. The van der Waals surface area contributed by atoms with Crippen molar-refractivity contribution in [2.75, 3.05) is 24.5 Å². The normalized spacial score (nSPS) is 27.2. The van der Waals surface area contributed by atoms with E-state index in [0.717, 1.165) is 32.5 Å². The maximum atomic E-state index is 15.6. The number of hydrogen-bond donors (Lipinski definition) is 2. The van der Waals surface area contributed by atoms with Gasteiger partial charge < -0.3 is 15.1 Å². The van der Waals surface area contributed by atoms with Crippen molar-refractivity contribution in [2.45, 2.75) is 57.7 Å². The predicted octanol–water partition coefficient (Wildman–Crippen LogP) is 1.56. The fraction of sp³-hybridized carbons (Fsp3) is 0.591. The standard InChI is InChI=1S/C22H27FN4O3/c1-21(2)22(7-9-24-10-8-22)12-27(21)15-4-3-13-14(18(15)23)11-26(20(13)30)16-5-6-17(28)25-19(16)29/h3-4,16,24H,5-12H2,1-2H3,(H,25,28,29). The number of hydrogen-bond acceptors (Lipinski definition) is 5. The molecule has 5 rings (SSSR count). The van der Waals surface area contributed by atoms with Gasteiger partial charge in [-0.25, -0.2) is 4.39 Å². The van der Waals surface area contributed by atoms with E-state index in [9.17, 15) is 14.4 Å². The fourth-order valence-corrected chi connectivity index (χ4v) is 5.75. The van der Waals surface area contributed by atoms with E-state index in [1.54, 1.807) is 12.1 Å². The van der Waals surface area contributed by atoms with Crippen LogP contribution in [0, 0.1) is 11.2 Å². The molecule has 0 bridgehead atoms. The molecule has 1 unspecified atom stereocenters. The molecule has 0 saturated carbocycles. The Morgan fingerprint density at radius 1 is 1.13 bits per heavy atom. The van der Waals surface area contributed by atoms with Crippen molar-refractivity contribution >= 4 is 23.4 Å². The van der Waals surface area contributed by atoms with Crippen LogP contribution in [0.2, 0.25) is 0 Å². The third-order valence-corrected chi connectivity index (χ3v) is 7.91. The SMILES string of the molecule is CC1(C)N(c2ccc3c(c2F)CN(C2CCC(=O)NC2=O)C3=O)CC12CCNCC2. The first-order valence-electron chi connectivity index (χ1n) is 10.7. The number of nitrogens with one attached hydrogen (secondary N) is 2. The van der Waals surface area contributed by atoms with Crippen molar-refractivity contribution in [1.29, 1.82) is 0 Å². The van der Waals surface area contributed by atoms with Crippen molar-refractivity contribution in [2.24, 2.45) is 5.41 Å². The lowest BCUT2D eigenvalue weighted by Gasteiger charge is -2.66. The van der Waals surface area contributed by atoms with Crippen LogP contribution in [-0.2, 0) is 16.1 Å². The van der Waals surface area contributed by atoms with Gasteiger partial charge in [0.2, 0.25) is 11.8 Å². The molecule has 160 valence electrons. The Bertz CT molecular complexity index is 954. The van der Waals surface area contributed by atoms with Crippen LogP contribution in [0.25, 0.3) is 0 Å². The summed E-state index contributed by atoms with van der Waals surface area (Å²) in [6.45, 7) is 7.19. The van der Waals surface area contributed by atoms with Gasteiger partial charge in [-0.15, -0.1) is 0 Å². The van der Waals surface area contributed by atoms with Crippen molar-refractivity contribution in [3.63, 3.8) is 0 Å². The van der Waals surface area contributed by atoms with Gasteiger partial charge in [0.15, 0.2) is 5.82 Å². The molecule has 1 aromatic carbocycles. The average Bonchev–Trinajstić information content (AvgIpc) is 3.05. The van der Waals surface area contributed by atoms with Gasteiger partial charge in [-0.05, 0) is 58.3 Å². The number of rotatable bonds is 2. The molecule has 30 heavy (non-hydrogen) atoms. The summed E-state index contributed by atoms with van der Waals surface area (Å²) in [4.78, 5) is 40.1. The van der Waals surface area contributed by atoms with Gasteiger partial charge in [-0.1, -0.05) is 0 Å². The fourth-order valence-electron chi connectivity index (χ4n) is 5.75. The molecule has 0 aliphatic carbocycles. The van der Waals surface area contributed by atoms with E-state index in [-0.39, 0.29) is 48.0 Å². The molecule has 4 aliphatic rings. The lowest BCUT2D eigenvalue weighted by Crippen LogP contribution is -2.74. The molecule has 4 aliphatic heterocycles. The van der Waals surface area contributed by atoms with Crippen LogP contribution in [0.15, 0.2) is 12.1 Å². The summed E-state index contributed by atoms with van der Waals surface area (Å²) in [5.41, 5.74) is 1.20. The number of anilines is 1. The third-order valence-electron chi connectivity index (χ3n) is 7.91. The lowest BCUT2D eigenvalue weighted by atomic mass is 9.58. The summed E-state index contributed by atoms with van der Waals surface area (Å²) in [7, 11) is 0. The number of nitrogens with zero attached hydrogens (tertiary/aromatic N) is 2. The van der Waals surface area contributed by atoms with Crippen molar-refractivity contribution in [3.05, 3.63) is 29.1 Å². The molecule has 2 N–H and O–H groups in total. The molecule has 1 atom stereocenters. The number of benzene rings is 1. The van der Waals surface area contributed by atoms with Crippen LogP contribution in [0.4, 0.5) is 10.1 Å². The minimum atomic E-state index is -0.732. The van der Waals surface area contributed by atoms with Gasteiger partial charge in [-0.2, -0.15) is 0 Å². The topological polar surface area (TPSA) is 81.8 Å². The Labute approximate surface area is 175 Å². The first-order chi connectivity index (χ1) is 14.2. The van der Waals surface area contributed by atoms with Gasteiger partial charge in [0.05, 0.1) is 12.2 Å². The second-order valence-corrected chi connectivity index (χ2v) is 9.50. The average molecular weight is 414 g/mol. The van der Waals surface area contributed by atoms with Gasteiger partial charge in [0.25, 0.3) is 5.91 Å². The molecule has 8 heteroatoms. The molecule has 3 amide bonds. The molecule has 3 saturated heterocycles. The summed E-state index contributed by atoms with van der Waals surface area (Å²) in [6, 6.07) is 2.66. The number of fused-ring (bicyclic) bond motifs is 1. The minimum absolute atomic E-state index is 0.0590. The second kappa shape index (κ2) is 6.51. The molecular formula is C22H27FN4O3. The van der Waals surface area contributed by atoms with Crippen LogP contribution in [0.1, 0.15) is 55.5 Å². The number of imide groups is 1. The first-order valence-corrected chi connectivity index (χ1v) is 10.7. The van der Waals surface area contributed by atoms with Crippen LogP contribution < -0.4 is 15.5 Å². The second-order valence-electron chi connectivity index (χ2n) is 9.50. The highest BCUT2D eigenvalue weighted by atomic mass is 19.1. The summed E-state index contributed by atoms with van der Waals surface area (Å²) < 4.78 is 15.6.